The van der Waals surface area contributed by atoms with Gasteiger partial charge in [-0.2, -0.15) is 11.8 Å². The molecule has 0 amide bonds. The molecular formula is C13H24N2S2. The van der Waals surface area contributed by atoms with Gasteiger partial charge in [-0.15, -0.1) is 11.3 Å². The molecule has 0 unspecified atom stereocenters. The normalized spacial score (nSPS) is 11.6. The van der Waals surface area contributed by atoms with Crippen molar-refractivity contribution in [2.24, 2.45) is 11.8 Å². The molecular weight excluding hydrogens is 248 g/mol. The quantitative estimate of drug-likeness (QED) is 0.779. The van der Waals surface area contributed by atoms with Crippen molar-refractivity contribution in [2.45, 2.75) is 40.0 Å². The fraction of sp³-hybridized carbons (Fsp3) is 0.769. The van der Waals surface area contributed by atoms with E-state index in [4.69, 9.17) is 0 Å². The summed E-state index contributed by atoms with van der Waals surface area (Å²) in [7, 11) is 0. The Balaban J connectivity index is 2.23. The molecule has 1 aromatic heterocycles. The molecule has 1 N–H and O–H groups in total. The lowest BCUT2D eigenvalue weighted by Crippen LogP contribution is -2.18. The second-order valence-corrected chi connectivity index (χ2v) is 7.38. The van der Waals surface area contributed by atoms with Crippen LogP contribution in [0.25, 0.3) is 0 Å². The Labute approximate surface area is 114 Å². The summed E-state index contributed by atoms with van der Waals surface area (Å²) in [5, 5.41) is 4.71. The van der Waals surface area contributed by atoms with Crippen molar-refractivity contribution in [1.82, 2.24) is 10.3 Å². The van der Waals surface area contributed by atoms with E-state index >= 15 is 0 Å². The van der Waals surface area contributed by atoms with E-state index in [-0.39, 0.29) is 0 Å². The number of hydrogen-bond donors (Lipinski definition) is 1. The molecule has 0 spiro atoms. The van der Waals surface area contributed by atoms with Crippen molar-refractivity contribution in [2.75, 3.05) is 12.3 Å². The fourth-order valence-corrected chi connectivity index (χ4v) is 3.37. The Morgan fingerprint density at radius 3 is 2.71 bits per heavy atom. The maximum atomic E-state index is 4.47. The van der Waals surface area contributed by atoms with Crippen LogP contribution in [0.3, 0.4) is 0 Å². The lowest BCUT2D eigenvalue weighted by Gasteiger charge is -2.04. The molecule has 1 aromatic rings. The van der Waals surface area contributed by atoms with Gasteiger partial charge in [0.15, 0.2) is 0 Å². The Morgan fingerprint density at radius 2 is 2.06 bits per heavy atom. The molecule has 0 aliphatic heterocycles. The summed E-state index contributed by atoms with van der Waals surface area (Å²) in [6.07, 6.45) is 2.02. The van der Waals surface area contributed by atoms with Crippen LogP contribution in [-0.4, -0.2) is 17.3 Å². The third kappa shape index (κ3) is 7.06. The highest BCUT2D eigenvalue weighted by atomic mass is 32.2. The van der Waals surface area contributed by atoms with E-state index in [1.165, 1.54) is 15.6 Å². The Hall–Kier alpha value is -0.0600. The first-order valence-corrected chi connectivity index (χ1v) is 8.27. The number of rotatable bonds is 8. The lowest BCUT2D eigenvalue weighted by molar-refractivity contribution is 0.554. The summed E-state index contributed by atoms with van der Waals surface area (Å²) in [5.41, 5.74) is 0. The molecule has 0 aliphatic rings. The van der Waals surface area contributed by atoms with Gasteiger partial charge in [0.2, 0.25) is 0 Å². The zero-order valence-corrected chi connectivity index (χ0v) is 13.0. The van der Waals surface area contributed by atoms with E-state index in [9.17, 15) is 0 Å². The molecule has 0 aromatic carbocycles. The van der Waals surface area contributed by atoms with Gasteiger partial charge in [0.1, 0.15) is 5.01 Å². The minimum Gasteiger partial charge on any atom is -0.312 e. The average Bonchev–Trinajstić information content (AvgIpc) is 2.65. The number of thioether (sulfide) groups is 1. The van der Waals surface area contributed by atoms with Crippen molar-refractivity contribution >= 4 is 23.1 Å². The monoisotopic (exact) mass is 272 g/mol. The third-order valence-electron chi connectivity index (χ3n) is 2.13. The maximum Gasteiger partial charge on any atom is 0.103 e. The smallest absolute Gasteiger partial charge is 0.103 e. The molecule has 0 atom stereocenters. The van der Waals surface area contributed by atoms with Crippen LogP contribution in [0.4, 0.5) is 0 Å². The van der Waals surface area contributed by atoms with Gasteiger partial charge >= 0.3 is 0 Å². The van der Waals surface area contributed by atoms with Crippen LogP contribution in [-0.2, 0) is 12.3 Å². The van der Waals surface area contributed by atoms with E-state index in [0.29, 0.717) is 5.92 Å². The standard InChI is InChI=1S/C13H24N2S2/c1-10(2)5-14-6-12-7-15-13(17-12)9-16-8-11(3)4/h7,10-11,14H,5-6,8-9H2,1-4H3. The minimum atomic E-state index is 0.712. The summed E-state index contributed by atoms with van der Waals surface area (Å²) in [6.45, 7) is 11.0. The fourth-order valence-electron chi connectivity index (χ4n) is 1.36. The van der Waals surface area contributed by atoms with E-state index in [1.54, 1.807) is 0 Å². The highest BCUT2D eigenvalue weighted by Crippen LogP contribution is 2.20. The van der Waals surface area contributed by atoms with Crippen molar-refractivity contribution in [1.29, 1.82) is 0 Å². The van der Waals surface area contributed by atoms with Gasteiger partial charge < -0.3 is 5.32 Å². The molecule has 98 valence electrons. The van der Waals surface area contributed by atoms with Crippen molar-refractivity contribution in [3.8, 4) is 0 Å². The summed E-state index contributed by atoms with van der Waals surface area (Å²) in [5.74, 6) is 3.77. The first-order chi connectivity index (χ1) is 8.08. The lowest BCUT2D eigenvalue weighted by atomic mass is 10.2. The number of hydrogen-bond acceptors (Lipinski definition) is 4. The molecule has 17 heavy (non-hydrogen) atoms. The zero-order valence-electron chi connectivity index (χ0n) is 11.3. The van der Waals surface area contributed by atoms with Gasteiger partial charge in [0.25, 0.3) is 0 Å². The van der Waals surface area contributed by atoms with Crippen molar-refractivity contribution in [3.05, 3.63) is 16.1 Å². The second-order valence-electron chi connectivity index (χ2n) is 5.15. The van der Waals surface area contributed by atoms with E-state index in [0.717, 1.165) is 24.8 Å². The van der Waals surface area contributed by atoms with Crippen LogP contribution < -0.4 is 5.32 Å². The predicted molar refractivity (Wildman–Crippen MR) is 79.7 cm³/mol. The Morgan fingerprint density at radius 1 is 1.29 bits per heavy atom. The van der Waals surface area contributed by atoms with Gasteiger partial charge in [-0.25, -0.2) is 4.98 Å². The van der Waals surface area contributed by atoms with Crippen LogP contribution >= 0.6 is 23.1 Å². The number of nitrogens with one attached hydrogen (secondary N) is 1. The van der Waals surface area contributed by atoms with E-state index in [2.05, 4.69) is 38.0 Å². The number of aromatic nitrogens is 1. The largest absolute Gasteiger partial charge is 0.312 e. The SMILES string of the molecule is CC(C)CNCc1cnc(CSCC(C)C)s1. The number of nitrogens with zero attached hydrogens (tertiary/aromatic N) is 1. The Kier molecular flexibility index (Phi) is 7.16. The molecule has 0 aliphatic carbocycles. The maximum absolute atomic E-state index is 4.47. The van der Waals surface area contributed by atoms with Crippen LogP contribution in [0.2, 0.25) is 0 Å². The van der Waals surface area contributed by atoms with E-state index < -0.39 is 0 Å². The summed E-state index contributed by atoms with van der Waals surface area (Å²) in [4.78, 5) is 5.82. The van der Waals surface area contributed by atoms with Gasteiger partial charge in [-0.05, 0) is 24.1 Å². The molecule has 0 saturated heterocycles. The van der Waals surface area contributed by atoms with Gasteiger partial charge in [0, 0.05) is 23.4 Å². The third-order valence-corrected chi connectivity index (χ3v) is 4.69. The van der Waals surface area contributed by atoms with Gasteiger partial charge in [0.05, 0.1) is 0 Å². The Bertz CT molecular complexity index is 280. The molecule has 0 fully saturated rings. The summed E-state index contributed by atoms with van der Waals surface area (Å²) >= 11 is 3.83. The van der Waals surface area contributed by atoms with Crippen LogP contribution in [0, 0.1) is 11.8 Å². The van der Waals surface area contributed by atoms with Crippen LogP contribution in [0.15, 0.2) is 6.20 Å². The van der Waals surface area contributed by atoms with E-state index in [1.807, 2.05) is 29.3 Å². The minimum absolute atomic E-state index is 0.712. The highest BCUT2D eigenvalue weighted by Gasteiger charge is 2.03. The van der Waals surface area contributed by atoms with Gasteiger partial charge in [-0.1, -0.05) is 27.7 Å². The van der Waals surface area contributed by atoms with Crippen molar-refractivity contribution in [3.63, 3.8) is 0 Å². The second kappa shape index (κ2) is 8.11. The van der Waals surface area contributed by atoms with Gasteiger partial charge in [-0.3, -0.25) is 0 Å². The molecule has 0 bridgehead atoms. The van der Waals surface area contributed by atoms with Crippen LogP contribution in [0.1, 0.15) is 37.6 Å². The molecule has 1 heterocycles. The molecule has 0 saturated carbocycles. The van der Waals surface area contributed by atoms with Crippen molar-refractivity contribution < 1.29 is 0 Å². The van der Waals surface area contributed by atoms with Crippen LogP contribution in [0.5, 0.6) is 0 Å². The molecule has 4 heteroatoms. The zero-order chi connectivity index (χ0) is 12.7. The average molecular weight is 272 g/mol. The number of thiazole rings is 1. The summed E-state index contributed by atoms with van der Waals surface area (Å²) in [6, 6.07) is 0. The highest BCUT2D eigenvalue weighted by molar-refractivity contribution is 7.98. The summed E-state index contributed by atoms with van der Waals surface area (Å²) < 4.78 is 0. The predicted octanol–water partition coefficient (Wildman–Crippen LogP) is 3.78. The topological polar surface area (TPSA) is 24.9 Å². The first kappa shape index (κ1) is 15.0. The first-order valence-electron chi connectivity index (χ1n) is 6.30. The molecule has 2 nitrogen and oxygen atoms in total. The molecule has 1 rings (SSSR count). The molecule has 0 radical (unpaired) electrons.